The molecular weight excluding hydrogens is 272 g/mol. The Balaban J connectivity index is 2.08. The minimum atomic E-state index is -0.852. The number of furan rings is 1. The molecule has 20 heavy (non-hydrogen) atoms. The molecule has 2 nitrogen and oxygen atoms in total. The lowest BCUT2D eigenvalue weighted by Crippen LogP contribution is -1.99. The van der Waals surface area contributed by atoms with Crippen LogP contribution in [0.25, 0.3) is 11.0 Å². The zero-order chi connectivity index (χ0) is 14.3. The first-order valence-electron chi connectivity index (χ1n) is 6.49. The standard InChI is InChI=1S/C17H15ClO2/c1-10-6-7-13(14(18)8-10)16(19)15-9-12-5-3-4-11(2)17(12)20-15/h3-9,16,19H,1-2H3. The molecule has 3 rings (SSSR count). The van der Waals surface area contributed by atoms with E-state index in [0.29, 0.717) is 16.3 Å². The van der Waals surface area contributed by atoms with Crippen LogP contribution in [0.1, 0.15) is 28.6 Å². The van der Waals surface area contributed by atoms with Gasteiger partial charge in [0, 0.05) is 16.0 Å². The molecule has 3 heteroatoms. The van der Waals surface area contributed by atoms with Crippen LogP contribution >= 0.6 is 11.6 Å². The van der Waals surface area contributed by atoms with Gasteiger partial charge in [0.15, 0.2) is 0 Å². The highest BCUT2D eigenvalue weighted by molar-refractivity contribution is 6.31. The largest absolute Gasteiger partial charge is 0.458 e. The van der Waals surface area contributed by atoms with Crippen LogP contribution in [0, 0.1) is 13.8 Å². The monoisotopic (exact) mass is 286 g/mol. The summed E-state index contributed by atoms with van der Waals surface area (Å²) in [6, 6.07) is 13.4. The fraction of sp³-hybridized carbons (Fsp3) is 0.176. The number of halogens is 1. The molecule has 0 amide bonds. The van der Waals surface area contributed by atoms with Crippen LogP contribution in [-0.2, 0) is 0 Å². The zero-order valence-electron chi connectivity index (χ0n) is 11.4. The normalized spacial score (nSPS) is 12.8. The lowest BCUT2D eigenvalue weighted by atomic mass is 10.1. The Morgan fingerprint density at radius 1 is 1.10 bits per heavy atom. The Labute approximate surface area is 122 Å². The van der Waals surface area contributed by atoms with Crippen molar-refractivity contribution in [1.82, 2.24) is 0 Å². The zero-order valence-corrected chi connectivity index (χ0v) is 12.1. The van der Waals surface area contributed by atoms with Gasteiger partial charge in [-0.2, -0.15) is 0 Å². The van der Waals surface area contributed by atoms with E-state index in [1.165, 1.54) is 0 Å². The number of aliphatic hydroxyl groups excluding tert-OH is 1. The van der Waals surface area contributed by atoms with Crippen molar-refractivity contribution in [3.63, 3.8) is 0 Å². The maximum Gasteiger partial charge on any atom is 0.138 e. The van der Waals surface area contributed by atoms with Gasteiger partial charge in [-0.3, -0.25) is 0 Å². The van der Waals surface area contributed by atoms with Crippen molar-refractivity contribution in [2.45, 2.75) is 20.0 Å². The van der Waals surface area contributed by atoms with E-state index in [1.54, 1.807) is 0 Å². The predicted octanol–water partition coefficient (Wildman–Crippen LogP) is 4.78. The van der Waals surface area contributed by atoms with Crippen LogP contribution in [-0.4, -0.2) is 5.11 Å². The second-order valence-corrected chi connectivity index (χ2v) is 5.48. The molecule has 0 saturated heterocycles. The number of para-hydroxylation sites is 1. The van der Waals surface area contributed by atoms with E-state index >= 15 is 0 Å². The summed E-state index contributed by atoms with van der Waals surface area (Å²) in [6.45, 7) is 3.95. The first-order valence-corrected chi connectivity index (χ1v) is 6.87. The lowest BCUT2D eigenvalue weighted by Gasteiger charge is -2.10. The molecule has 0 radical (unpaired) electrons. The fourth-order valence-corrected chi connectivity index (χ4v) is 2.71. The van der Waals surface area contributed by atoms with E-state index in [4.69, 9.17) is 16.0 Å². The molecule has 1 atom stereocenters. The number of benzene rings is 2. The van der Waals surface area contributed by atoms with Crippen molar-refractivity contribution in [2.24, 2.45) is 0 Å². The third-order valence-corrected chi connectivity index (χ3v) is 3.81. The molecule has 1 heterocycles. The second-order valence-electron chi connectivity index (χ2n) is 5.07. The Bertz CT molecular complexity index is 774. The SMILES string of the molecule is Cc1ccc(C(O)c2cc3cccc(C)c3o2)c(Cl)c1. The van der Waals surface area contributed by atoms with Crippen molar-refractivity contribution in [3.05, 3.63) is 69.9 Å². The highest BCUT2D eigenvalue weighted by atomic mass is 35.5. The van der Waals surface area contributed by atoms with E-state index in [1.807, 2.05) is 56.3 Å². The second kappa shape index (κ2) is 4.97. The summed E-state index contributed by atoms with van der Waals surface area (Å²) in [4.78, 5) is 0. The van der Waals surface area contributed by atoms with Crippen LogP contribution in [0.5, 0.6) is 0 Å². The minimum Gasteiger partial charge on any atom is -0.458 e. The Kier molecular flexibility index (Phi) is 3.28. The summed E-state index contributed by atoms with van der Waals surface area (Å²) in [5, 5.41) is 12.0. The van der Waals surface area contributed by atoms with Crippen molar-refractivity contribution in [1.29, 1.82) is 0 Å². The Morgan fingerprint density at radius 3 is 2.60 bits per heavy atom. The smallest absolute Gasteiger partial charge is 0.138 e. The van der Waals surface area contributed by atoms with Crippen LogP contribution in [0.2, 0.25) is 5.02 Å². The van der Waals surface area contributed by atoms with Gasteiger partial charge in [0.25, 0.3) is 0 Å². The topological polar surface area (TPSA) is 33.4 Å². The summed E-state index contributed by atoms with van der Waals surface area (Å²) in [7, 11) is 0. The minimum absolute atomic E-state index is 0.514. The first kappa shape index (κ1) is 13.2. The van der Waals surface area contributed by atoms with Gasteiger partial charge < -0.3 is 9.52 Å². The molecule has 1 unspecified atom stereocenters. The number of rotatable bonds is 2. The van der Waals surface area contributed by atoms with E-state index in [9.17, 15) is 5.11 Å². The van der Waals surface area contributed by atoms with Gasteiger partial charge in [-0.1, -0.05) is 41.9 Å². The van der Waals surface area contributed by atoms with Gasteiger partial charge in [-0.05, 0) is 37.1 Å². The Morgan fingerprint density at radius 2 is 1.90 bits per heavy atom. The van der Waals surface area contributed by atoms with E-state index in [2.05, 4.69) is 0 Å². The number of hydrogen-bond acceptors (Lipinski definition) is 2. The maximum atomic E-state index is 10.5. The van der Waals surface area contributed by atoms with Gasteiger partial charge in [0.1, 0.15) is 17.4 Å². The van der Waals surface area contributed by atoms with Crippen LogP contribution in [0.3, 0.4) is 0 Å². The molecule has 102 valence electrons. The summed E-state index contributed by atoms with van der Waals surface area (Å²) >= 11 is 6.20. The Hall–Kier alpha value is -1.77. The molecule has 0 spiro atoms. The maximum absolute atomic E-state index is 10.5. The van der Waals surface area contributed by atoms with Gasteiger partial charge in [0.05, 0.1) is 0 Å². The van der Waals surface area contributed by atoms with Gasteiger partial charge in [-0.15, -0.1) is 0 Å². The molecule has 0 aliphatic carbocycles. The third kappa shape index (κ3) is 2.21. The number of aryl methyl sites for hydroxylation is 2. The average Bonchev–Trinajstić information content (AvgIpc) is 2.83. The van der Waals surface area contributed by atoms with E-state index in [-0.39, 0.29) is 0 Å². The van der Waals surface area contributed by atoms with Crippen LogP contribution in [0.15, 0.2) is 46.9 Å². The predicted molar refractivity (Wildman–Crippen MR) is 81.2 cm³/mol. The molecule has 3 aromatic rings. The molecule has 0 aliphatic heterocycles. The summed E-state index contributed by atoms with van der Waals surface area (Å²) < 4.78 is 5.79. The third-order valence-electron chi connectivity index (χ3n) is 3.48. The van der Waals surface area contributed by atoms with Crippen molar-refractivity contribution in [2.75, 3.05) is 0 Å². The lowest BCUT2D eigenvalue weighted by molar-refractivity contribution is 0.192. The number of aliphatic hydroxyl groups is 1. The molecular formula is C17H15ClO2. The van der Waals surface area contributed by atoms with Crippen LogP contribution < -0.4 is 0 Å². The van der Waals surface area contributed by atoms with Gasteiger partial charge >= 0.3 is 0 Å². The van der Waals surface area contributed by atoms with Crippen molar-refractivity contribution in [3.8, 4) is 0 Å². The molecule has 2 aromatic carbocycles. The first-order chi connectivity index (χ1) is 9.56. The molecule has 0 bridgehead atoms. The highest BCUT2D eigenvalue weighted by Crippen LogP contribution is 2.33. The molecule has 0 fully saturated rings. The summed E-state index contributed by atoms with van der Waals surface area (Å²) in [5.74, 6) is 0.514. The molecule has 1 N–H and O–H groups in total. The molecule has 1 aromatic heterocycles. The number of hydrogen-bond donors (Lipinski definition) is 1. The fourth-order valence-electron chi connectivity index (χ4n) is 2.37. The summed E-state index contributed by atoms with van der Waals surface area (Å²) in [6.07, 6.45) is -0.852. The quantitative estimate of drug-likeness (QED) is 0.735. The molecule has 0 aliphatic rings. The molecule has 0 saturated carbocycles. The van der Waals surface area contributed by atoms with Gasteiger partial charge in [-0.25, -0.2) is 0 Å². The van der Waals surface area contributed by atoms with Crippen molar-refractivity contribution < 1.29 is 9.52 Å². The van der Waals surface area contributed by atoms with E-state index in [0.717, 1.165) is 22.1 Å². The highest BCUT2D eigenvalue weighted by Gasteiger charge is 2.18. The summed E-state index contributed by atoms with van der Waals surface area (Å²) in [5.41, 5.74) is 3.58. The van der Waals surface area contributed by atoms with E-state index < -0.39 is 6.10 Å². The van der Waals surface area contributed by atoms with Gasteiger partial charge in [0.2, 0.25) is 0 Å². The average molecular weight is 287 g/mol. The van der Waals surface area contributed by atoms with Crippen molar-refractivity contribution >= 4 is 22.6 Å². The number of fused-ring (bicyclic) bond motifs is 1. The van der Waals surface area contributed by atoms with Crippen LogP contribution in [0.4, 0.5) is 0 Å².